The Bertz CT molecular complexity index is 690. The fourth-order valence-corrected chi connectivity index (χ4v) is 2.87. The lowest BCUT2D eigenvalue weighted by Gasteiger charge is -2.16. The van der Waals surface area contributed by atoms with Gasteiger partial charge in [-0.25, -0.2) is 0 Å². The van der Waals surface area contributed by atoms with E-state index in [0.29, 0.717) is 13.0 Å². The van der Waals surface area contributed by atoms with E-state index in [-0.39, 0.29) is 12.3 Å². The molecule has 24 heavy (non-hydrogen) atoms. The standard InChI is InChI=1S/C20H23NO3/c1-14-8-15(2)10-17(9-14)11-18(12-19(22)23)20(24)21-13-16-6-4-3-5-7-16/h3-10,18H,11-13H2,1-2H3,(H,21,24)(H,22,23)/t18-/m1/s1. The minimum absolute atomic E-state index is 0.173. The van der Waals surface area contributed by atoms with Crippen molar-refractivity contribution in [2.75, 3.05) is 0 Å². The van der Waals surface area contributed by atoms with Crippen LogP contribution in [0.1, 0.15) is 28.7 Å². The van der Waals surface area contributed by atoms with Gasteiger partial charge in [-0.2, -0.15) is 0 Å². The monoisotopic (exact) mass is 325 g/mol. The smallest absolute Gasteiger partial charge is 0.304 e. The van der Waals surface area contributed by atoms with Crippen LogP contribution >= 0.6 is 0 Å². The van der Waals surface area contributed by atoms with Crippen molar-refractivity contribution < 1.29 is 14.7 Å². The molecule has 1 atom stereocenters. The second-order valence-electron chi connectivity index (χ2n) is 6.20. The molecule has 4 heteroatoms. The van der Waals surface area contributed by atoms with E-state index in [4.69, 9.17) is 5.11 Å². The van der Waals surface area contributed by atoms with Gasteiger partial charge in [-0.3, -0.25) is 9.59 Å². The van der Waals surface area contributed by atoms with Crippen LogP contribution in [0.15, 0.2) is 48.5 Å². The maximum atomic E-state index is 12.5. The number of hydrogen-bond acceptors (Lipinski definition) is 2. The number of aliphatic carboxylic acids is 1. The summed E-state index contributed by atoms with van der Waals surface area (Å²) in [6.45, 7) is 4.40. The summed E-state index contributed by atoms with van der Waals surface area (Å²) in [5, 5.41) is 12.0. The number of nitrogens with one attached hydrogen (secondary N) is 1. The molecule has 0 saturated heterocycles. The third-order valence-electron chi connectivity index (χ3n) is 3.86. The molecule has 0 radical (unpaired) electrons. The predicted octanol–water partition coefficient (Wildman–Crippen LogP) is 3.25. The summed E-state index contributed by atoms with van der Waals surface area (Å²) in [6.07, 6.45) is 0.253. The number of hydrogen-bond donors (Lipinski definition) is 2. The topological polar surface area (TPSA) is 66.4 Å². The van der Waals surface area contributed by atoms with E-state index in [1.165, 1.54) is 0 Å². The van der Waals surface area contributed by atoms with Crippen LogP contribution in [0, 0.1) is 19.8 Å². The summed E-state index contributed by atoms with van der Waals surface area (Å²) >= 11 is 0. The summed E-state index contributed by atoms with van der Waals surface area (Å²) in [5.74, 6) is -1.76. The highest BCUT2D eigenvalue weighted by atomic mass is 16.4. The normalized spacial score (nSPS) is 11.8. The van der Waals surface area contributed by atoms with Crippen molar-refractivity contribution in [3.63, 3.8) is 0 Å². The van der Waals surface area contributed by atoms with Gasteiger partial charge in [0.1, 0.15) is 0 Å². The molecule has 0 aromatic heterocycles. The fraction of sp³-hybridized carbons (Fsp3) is 0.300. The number of benzene rings is 2. The summed E-state index contributed by atoms with van der Waals surface area (Å²) in [7, 11) is 0. The van der Waals surface area contributed by atoms with E-state index in [0.717, 1.165) is 22.3 Å². The molecular weight excluding hydrogens is 302 g/mol. The lowest BCUT2D eigenvalue weighted by molar-refractivity contribution is -0.141. The Balaban J connectivity index is 2.06. The Morgan fingerprint density at radius 2 is 1.62 bits per heavy atom. The Morgan fingerprint density at radius 1 is 1.00 bits per heavy atom. The molecule has 0 spiro atoms. The molecule has 0 aliphatic carbocycles. The van der Waals surface area contributed by atoms with Gasteiger partial charge in [0.25, 0.3) is 0 Å². The second-order valence-corrected chi connectivity index (χ2v) is 6.20. The van der Waals surface area contributed by atoms with Gasteiger partial charge in [0.15, 0.2) is 0 Å². The summed E-state index contributed by atoms with van der Waals surface area (Å²) in [4.78, 5) is 23.6. The summed E-state index contributed by atoms with van der Waals surface area (Å²) < 4.78 is 0. The minimum atomic E-state index is -0.959. The van der Waals surface area contributed by atoms with Crippen molar-refractivity contribution in [1.82, 2.24) is 5.32 Å². The lowest BCUT2D eigenvalue weighted by atomic mass is 9.93. The van der Waals surface area contributed by atoms with Crippen LogP contribution in [0.4, 0.5) is 0 Å². The highest BCUT2D eigenvalue weighted by Crippen LogP contribution is 2.17. The van der Waals surface area contributed by atoms with E-state index in [9.17, 15) is 9.59 Å². The number of rotatable bonds is 7. The van der Waals surface area contributed by atoms with Gasteiger partial charge in [0, 0.05) is 6.54 Å². The molecule has 0 bridgehead atoms. The number of amides is 1. The molecule has 2 rings (SSSR count). The van der Waals surface area contributed by atoms with E-state index < -0.39 is 11.9 Å². The number of carboxylic acids is 1. The average Bonchev–Trinajstić information content (AvgIpc) is 2.51. The van der Waals surface area contributed by atoms with E-state index in [1.54, 1.807) is 0 Å². The first kappa shape index (κ1) is 17.7. The Labute approximate surface area is 142 Å². The Kier molecular flexibility index (Phi) is 6.13. The van der Waals surface area contributed by atoms with E-state index in [2.05, 4.69) is 11.4 Å². The van der Waals surface area contributed by atoms with Gasteiger partial charge in [-0.15, -0.1) is 0 Å². The van der Waals surface area contributed by atoms with Gasteiger partial charge in [-0.05, 0) is 31.4 Å². The van der Waals surface area contributed by atoms with E-state index in [1.807, 2.05) is 56.3 Å². The van der Waals surface area contributed by atoms with Gasteiger partial charge in [0.05, 0.1) is 12.3 Å². The second kappa shape index (κ2) is 8.29. The van der Waals surface area contributed by atoms with Crippen molar-refractivity contribution in [3.05, 3.63) is 70.8 Å². The maximum Gasteiger partial charge on any atom is 0.304 e. The lowest BCUT2D eigenvalue weighted by Crippen LogP contribution is -2.33. The molecule has 126 valence electrons. The molecule has 0 aliphatic heterocycles. The third kappa shape index (κ3) is 5.54. The van der Waals surface area contributed by atoms with Crippen LogP contribution in [-0.4, -0.2) is 17.0 Å². The molecular formula is C20H23NO3. The van der Waals surface area contributed by atoms with Crippen molar-refractivity contribution in [2.45, 2.75) is 33.2 Å². The van der Waals surface area contributed by atoms with Gasteiger partial charge in [-0.1, -0.05) is 59.7 Å². The van der Waals surface area contributed by atoms with Crippen LogP contribution in [0.25, 0.3) is 0 Å². The van der Waals surface area contributed by atoms with Crippen molar-refractivity contribution in [2.24, 2.45) is 5.92 Å². The average molecular weight is 325 g/mol. The van der Waals surface area contributed by atoms with Crippen LogP contribution in [0.2, 0.25) is 0 Å². The van der Waals surface area contributed by atoms with Crippen molar-refractivity contribution in [3.8, 4) is 0 Å². The highest BCUT2D eigenvalue weighted by Gasteiger charge is 2.22. The molecule has 2 aromatic carbocycles. The van der Waals surface area contributed by atoms with E-state index >= 15 is 0 Å². The van der Waals surface area contributed by atoms with Crippen LogP contribution in [0.5, 0.6) is 0 Å². The van der Waals surface area contributed by atoms with Crippen molar-refractivity contribution in [1.29, 1.82) is 0 Å². The quantitative estimate of drug-likeness (QED) is 0.821. The Hall–Kier alpha value is -2.62. The molecule has 0 aliphatic rings. The van der Waals surface area contributed by atoms with Crippen LogP contribution in [-0.2, 0) is 22.6 Å². The fourth-order valence-electron chi connectivity index (χ4n) is 2.87. The molecule has 1 amide bonds. The molecule has 0 unspecified atom stereocenters. The Morgan fingerprint density at radius 3 is 2.21 bits per heavy atom. The predicted molar refractivity (Wildman–Crippen MR) is 93.7 cm³/mol. The summed E-state index contributed by atoms with van der Waals surface area (Å²) in [5.41, 5.74) is 4.22. The van der Waals surface area contributed by atoms with Gasteiger partial charge in [0.2, 0.25) is 5.91 Å². The zero-order valence-corrected chi connectivity index (χ0v) is 14.1. The zero-order valence-electron chi connectivity index (χ0n) is 14.1. The highest BCUT2D eigenvalue weighted by molar-refractivity contribution is 5.83. The first-order valence-electron chi connectivity index (χ1n) is 8.04. The first-order chi connectivity index (χ1) is 11.4. The van der Waals surface area contributed by atoms with Crippen LogP contribution in [0.3, 0.4) is 0 Å². The molecule has 2 N–H and O–H groups in total. The number of carbonyl (C=O) groups is 2. The number of carbonyl (C=O) groups excluding carboxylic acids is 1. The van der Waals surface area contributed by atoms with Crippen LogP contribution < -0.4 is 5.32 Å². The molecule has 0 heterocycles. The van der Waals surface area contributed by atoms with Gasteiger partial charge >= 0.3 is 5.97 Å². The number of aryl methyl sites for hydroxylation is 2. The molecule has 0 saturated carbocycles. The SMILES string of the molecule is Cc1cc(C)cc(C[C@H](CC(=O)O)C(=O)NCc2ccccc2)c1. The molecule has 0 fully saturated rings. The molecule has 4 nitrogen and oxygen atoms in total. The largest absolute Gasteiger partial charge is 0.481 e. The maximum absolute atomic E-state index is 12.5. The first-order valence-corrected chi connectivity index (χ1v) is 8.04. The summed E-state index contributed by atoms with van der Waals surface area (Å²) in [6, 6.07) is 15.7. The molecule has 2 aromatic rings. The number of carboxylic acid groups (broad SMARTS) is 1. The zero-order chi connectivity index (χ0) is 17.5. The minimum Gasteiger partial charge on any atom is -0.481 e. The van der Waals surface area contributed by atoms with Gasteiger partial charge < -0.3 is 10.4 Å². The third-order valence-corrected chi connectivity index (χ3v) is 3.86. The van der Waals surface area contributed by atoms with Crippen molar-refractivity contribution >= 4 is 11.9 Å².